The van der Waals surface area contributed by atoms with Crippen LogP contribution >= 0.6 is 7.82 Å². The van der Waals surface area contributed by atoms with Crippen LogP contribution in [-0.4, -0.2) is 11.5 Å². The third-order valence-electron chi connectivity index (χ3n) is 3.58. The van der Waals surface area contributed by atoms with Crippen LogP contribution in [0.2, 0.25) is 0 Å². The van der Waals surface area contributed by atoms with Gasteiger partial charge in [-0.15, -0.1) is 4.73 Å². The summed E-state index contributed by atoms with van der Waals surface area (Å²) < 4.78 is 15.5. The van der Waals surface area contributed by atoms with Gasteiger partial charge >= 0.3 is 59.1 Å². The van der Waals surface area contributed by atoms with Crippen LogP contribution in [-0.2, 0) is 9.09 Å². The van der Waals surface area contributed by atoms with Crippen molar-refractivity contribution in [3.63, 3.8) is 0 Å². The van der Waals surface area contributed by atoms with E-state index < -0.39 is 20.2 Å². The van der Waals surface area contributed by atoms with Gasteiger partial charge in [0, 0.05) is 12.0 Å². The molecule has 0 bridgehead atoms. The zero-order valence-corrected chi connectivity index (χ0v) is 18.7. The Bertz CT molecular complexity index is 597. The Morgan fingerprint density at radius 1 is 1.22 bits per heavy atom. The summed E-state index contributed by atoms with van der Waals surface area (Å²) >= 11 is 0. The van der Waals surface area contributed by atoms with Crippen molar-refractivity contribution in [3.05, 3.63) is 33.7 Å². The molecular weight excluding hydrogens is 343 g/mol. The molecular formula is C13H18NNa2O6P. The normalized spacial score (nSPS) is 15.4. The second-order valence-corrected chi connectivity index (χ2v) is 6.40. The van der Waals surface area contributed by atoms with Crippen molar-refractivity contribution in [2.24, 2.45) is 0 Å². The smallest absolute Gasteiger partial charge is 0.790 e. The Hall–Kier alpha value is 0.860. The third kappa shape index (κ3) is 7.74. The first-order valence-electron chi connectivity index (χ1n) is 6.90. The van der Waals surface area contributed by atoms with Crippen LogP contribution in [0.1, 0.15) is 49.3 Å². The Kier molecular flexibility index (Phi) is 11.2. The first-order chi connectivity index (χ1) is 9.87. The molecule has 0 aromatic carbocycles. The predicted octanol–water partition coefficient (Wildman–Crippen LogP) is -5.56. The number of nitrogens with zero attached hydrogens (tertiary/aromatic N) is 1. The number of hydrogen-bond acceptors (Lipinski definition) is 6. The van der Waals surface area contributed by atoms with Crippen LogP contribution in [0.4, 0.5) is 0 Å². The Labute approximate surface area is 179 Å². The second-order valence-electron chi connectivity index (χ2n) is 5.25. The summed E-state index contributed by atoms with van der Waals surface area (Å²) in [6.45, 7) is 1.02. The molecule has 1 heterocycles. The molecule has 0 spiro atoms. The van der Waals surface area contributed by atoms with Gasteiger partial charge in [-0.1, -0.05) is 19.3 Å². The quantitative estimate of drug-likeness (QED) is 0.294. The maximum Gasteiger partial charge on any atom is 1.00 e. The van der Waals surface area contributed by atoms with Gasteiger partial charge in [0.15, 0.2) is 0 Å². The van der Waals surface area contributed by atoms with Crippen LogP contribution in [0.5, 0.6) is 0 Å². The summed E-state index contributed by atoms with van der Waals surface area (Å²) in [5, 5.41) is 0. The van der Waals surface area contributed by atoms with Gasteiger partial charge in [0.25, 0.3) is 5.56 Å². The number of hydrogen-bond donors (Lipinski definition) is 0. The van der Waals surface area contributed by atoms with Crippen LogP contribution in [0, 0.1) is 6.92 Å². The van der Waals surface area contributed by atoms with Crippen LogP contribution in [0.25, 0.3) is 0 Å². The van der Waals surface area contributed by atoms with Gasteiger partial charge in [0.2, 0.25) is 6.79 Å². The minimum Gasteiger partial charge on any atom is -0.790 e. The van der Waals surface area contributed by atoms with Gasteiger partial charge in [-0.3, -0.25) is 4.79 Å². The summed E-state index contributed by atoms with van der Waals surface area (Å²) in [7, 11) is -5.12. The van der Waals surface area contributed by atoms with Crippen molar-refractivity contribution in [1.82, 2.24) is 4.73 Å². The molecule has 118 valence electrons. The Morgan fingerprint density at radius 2 is 1.83 bits per heavy atom. The van der Waals surface area contributed by atoms with E-state index in [2.05, 4.69) is 4.52 Å². The van der Waals surface area contributed by atoms with Crippen molar-refractivity contribution in [1.29, 1.82) is 0 Å². The fraction of sp³-hybridized carbons (Fsp3) is 0.615. The number of pyridine rings is 1. The summed E-state index contributed by atoms with van der Waals surface area (Å²) in [5.41, 5.74) is 1.13. The van der Waals surface area contributed by atoms with Gasteiger partial charge in [-0.05, 0) is 31.4 Å². The molecule has 1 aromatic rings. The maximum atomic E-state index is 12.0. The SMILES string of the molecule is Cc1cc(C2CCCCC2)n(OCOP(=O)([O-])[O-])c(=O)c1.[Na+].[Na+]. The monoisotopic (exact) mass is 361 g/mol. The summed E-state index contributed by atoms with van der Waals surface area (Å²) in [6, 6.07) is 3.24. The van der Waals surface area contributed by atoms with Crippen LogP contribution in [0.15, 0.2) is 16.9 Å². The first kappa shape index (κ1) is 23.9. The topological polar surface area (TPSA) is 104 Å². The van der Waals surface area contributed by atoms with Crippen molar-refractivity contribution in [3.8, 4) is 0 Å². The number of rotatable bonds is 5. The predicted molar refractivity (Wildman–Crippen MR) is 71.4 cm³/mol. The molecule has 0 amide bonds. The van der Waals surface area contributed by atoms with E-state index in [1.165, 1.54) is 12.5 Å². The van der Waals surface area contributed by atoms with E-state index in [9.17, 15) is 19.1 Å². The summed E-state index contributed by atoms with van der Waals surface area (Å²) in [5.74, 6) is 0.192. The zero-order chi connectivity index (χ0) is 15.5. The summed E-state index contributed by atoms with van der Waals surface area (Å²) in [6.07, 6.45) is 5.24. The van der Waals surface area contributed by atoms with E-state index in [-0.39, 0.29) is 65.0 Å². The molecule has 2 rings (SSSR count). The van der Waals surface area contributed by atoms with Crippen molar-refractivity contribution in [2.75, 3.05) is 6.79 Å². The van der Waals surface area contributed by atoms with E-state index in [4.69, 9.17) is 4.84 Å². The molecule has 7 nitrogen and oxygen atoms in total. The van der Waals surface area contributed by atoms with Gasteiger partial charge in [0.1, 0.15) is 0 Å². The third-order valence-corrected chi connectivity index (χ3v) is 4.00. The first-order valence-corrected chi connectivity index (χ1v) is 8.36. The van der Waals surface area contributed by atoms with E-state index in [0.717, 1.165) is 36.0 Å². The largest absolute Gasteiger partial charge is 1.00 e. The van der Waals surface area contributed by atoms with Gasteiger partial charge in [0.05, 0.1) is 13.5 Å². The molecule has 0 saturated heterocycles. The summed E-state index contributed by atoms with van der Waals surface area (Å²) in [4.78, 5) is 37.9. The number of aromatic nitrogens is 1. The van der Waals surface area contributed by atoms with E-state index in [1.807, 2.05) is 13.0 Å². The van der Waals surface area contributed by atoms with Crippen molar-refractivity contribution >= 4 is 7.82 Å². The molecule has 0 radical (unpaired) electrons. The average Bonchev–Trinajstić information content (AvgIpc) is 2.40. The minimum absolute atomic E-state index is 0. The standard InChI is InChI=1S/C13H20NO6P.2Na/c1-10-7-12(11-5-3-2-4-6-11)14(13(15)8-10)19-9-20-21(16,17)18;;/h7-8,11H,2-6,9H2,1H3,(H2,16,17,18);;/q;2*+1/p-2. The zero-order valence-electron chi connectivity index (χ0n) is 13.8. The van der Waals surface area contributed by atoms with Crippen LogP contribution < -0.4 is 79.3 Å². The molecule has 0 aliphatic heterocycles. The fourth-order valence-corrected chi connectivity index (χ4v) is 2.85. The van der Waals surface area contributed by atoms with Crippen molar-refractivity contribution in [2.45, 2.75) is 44.9 Å². The molecule has 0 atom stereocenters. The van der Waals surface area contributed by atoms with E-state index in [1.54, 1.807) is 0 Å². The average molecular weight is 361 g/mol. The molecule has 23 heavy (non-hydrogen) atoms. The Morgan fingerprint density at radius 3 is 2.39 bits per heavy atom. The minimum atomic E-state index is -5.12. The van der Waals surface area contributed by atoms with Gasteiger partial charge < -0.3 is 23.7 Å². The molecule has 1 saturated carbocycles. The molecule has 10 heteroatoms. The number of phosphoric ester groups is 1. The molecule has 1 aliphatic rings. The molecule has 1 fully saturated rings. The van der Waals surface area contributed by atoms with Crippen LogP contribution in [0.3, 0.4) is 0 Å². The molecule has 0 unspecified atom stereocenters. The van der Waals surface area contributed by atoms with E-state index >= 15 is 0 Å². The maximum absolute atomic E-state index is 12.0. The van der Waals surface area contributed by atoms with Crippen molar-refractivity contribution < 1.29 is 82.8 Å². The van der Waals surface area contributed by atoms with E-state index in [0.29, 0.717) is 5.69 Å². The second kappa shape index (κ2) is 10.8. The van der Waals surface area contributed by atoms with Gasteiger partial charge in [-0.2, -0.15) is 0 Å². The number of phosphoric acid groups is 1. The van der Waals surface area contributed by atoms with Gasteiger partial charge in [-0.25, -0.2) is 0 Å². The molecule has 1 aliphatic carbocycles. The molecule has 0 N–H and O–H groups in total. The number of aryl methyl sites for hydroxylation is 1. The Balaban J connectivity index is 0.00000242. The molecule has 1 aromatic heterocycles. The fourth-order valence-electron chi connectivity index (χ4n) is 2.68.